The molecule has 170 valence electrons. The van der Waals surface area contributed by atoms with Crippen LogP contribution in [0.1, 0.15) is 28.4 Å². The van der Waals surface area contributed by atoms with Gasteiger partial charge in [-0.2, -0.15) is 5.10 Å². The van der Waals surface area contributed by atoms with E-state index in [2.05, 4.69) is 30.7 Å². The molecule has 0 saturated carbocycles. The van der Waals surface area contributed by atoms with Crippen LogP contribution in [-0.4, -0.2) is 66.1 Å². The molecule has 0 bridgehead atoms. The molecular weight excluding hydrogens is 423 g/mol. The summed E-state index contributed by atoms with van der Waals surface area (Å²) < 4.78 is 20.1. The van der Waals surface area contributed by atoms with E-state index in [0.29, 0.717) is 53.4 Å². The summed E-state index contributed by atoms with van der Waals surface area (Å²) in [5, 5.41) is 14.1. The number of carbonyl (C=O) groups excluding carboxylic acids is 1. The Kier molecular flexibility index (Phi) is 5.89. The van der Waals surface area contributed by atoms with Gasteiger partial charge in [-0.1, -0.05) is 12.1 Å². The number of benzene rings is 2. The lowest BCUT2D eigenvalue weighted by Gasteiger charge is -2.26. The minimum Gasteiger partial charge on any atom is -0.379 e. The van der Waals surface area contributed by atoms with Crippen molar-refractivity contribution in [1.82, 2.24) is 20.4 Å². The molecular formula is C24H25FN6O2. The van der Waals surface area contributed by atoms with Gasteiger partial charge in [0, 0.05) is 48.9 Å². The summed E-state index contributed by atoms with van der Waals surface area (Å²) in [4.78, 5) is 20.1. The zero-order chi connectivity index (χ0) is 22.8. The van der Waals surface area contributed by atoms with Crippen molar-refractivity contribution in [1.29, 1.82) is 0 Å². The van der Waals surface area contributed by atoms with E-state index in [-0.39, 0.29) is 11.7 Å². The molecule has 2 aliphatic heterocycles. The predicted molar refractivity (Wildman–Crippen MR) is 125 cm³/mol. The molecule has 8 nitrogen and oxygen atoms in total. The highest BCUT2D eigenvalue weighted by atomic mass is 19.1. The largest absolute Gasteiger partial charge is 0.379 e. The third-order valence-electron chi connectivity index (χ3n) is 5.90. The average molecular weight is 449 g/mol. The molecule has 1 fully saturated rings. The normalized spacial score (nSPS) is 16.4. The number of fused-ring (bicyclic) bond motifs is 3. The van der Waals surface area contributed by atoms with Crippen LogP contribution in [0.15, 0.2) is 53.4 Å². The van der Waals surface area contributed by atoms with Crippen LogP contribution in [0.25, 0.3) is 10.9 Å². The number of nitrogens with one attached hydrogen (secondary N) is 3. The first-order chi connectivity index (χ1) is 16.1. The first-order valence-corrected chi connectivity index (χ1v) is 11.0. The van der Waals surface area contributed by atoms with Crippen molar-refractivity contribution in [2.45, 2.75) is 6.92 Å². The summed E-state index contributed by atoms with van der Waals surface area (Å²) in [6.07, 6.45) is 3.43. The number of hydrogen-bond acceptors (Lipinski definition) is 6. The molecule has 2 aliphatic rings. The molecule has 5 rings (SSSR count). The number of allylic oxidation sites excluding steroid dienone is 1. The Morgan fingerprint density at radius 2 is 2.06 bits per heavy atom. The predicted octanol–water partition coefficient (Wildman–Crippen LogP) is 2.89. The molecule has 9 heteroatoms. The fourth-order valence-electron chi connectivity index (χ4n) is 4.19. The van der Waals surface area contributed by atoms with Crippen molar-refractivity contribution in [3.05, 3.63) is 70.9 Å². The van der Waals surface area contributed by atoms with E-state index in [1.165, 1.54) is 6.07 Å². The summed E-state index contributed by atoms with van der Waals surface area (Å²) in [7, 11) is 0. The minimum absolute atomic E-state index is 0.220. The van der Waals surface area contributed by atoms with Gasteiger partial charge in [0.2, 0.25) is 0 Å². The maximum absolute atomic E-state index is 14.8. The lowest BCUT2D eigenvalue weighted by atomic mass is 9.95. The number of anilines is 1. The molecule has 0 unspecified atom stereocenters. The molecule has 3 aromatic rings. The Hall–Kier alpha value is -3.56. The third kappa shape index (κ3) is 4.24. The first kappa shape index (κ1) is 21.3. The van der Waals surface area contributed by atoms with Gasteiger partial charge < -0.3 is 15.4 Å². The summed E-state index contributed by atoms with van der Waals surface area (Å²) in [6, 6.07) is 8.27. The number of hydrogen-bond donors (Lipinski definition) is 3. The van der Waals surface area contributed by atoms with Crippen LogP contribution in [0.4, 0.5) is 10.1 Å². The number of ether oxygens (including phenoxy) is 1. The van der Waals surface area contributed by atoms with E-state index in [0.717, 1.165) is 30.7 Å². The van der Waals surface area contributed by atoms with Crippen LogP contribution >= 0.6 is 0 Å². The molecule has 3 heterocycles. The van der Waals surface area contributed by atoms with Gasteiger partial charge in [0.25, 0.3) is 5.91 Å². The van der Waals surface area contributed by atoms with E-state index in [9.17, 15) is 9.18 Å². The number of halogens is 1. The molecule has 1 saturated heterocycles. The molecule has 1 aromatic heterocycles. The molecule has 0 radical (unpaired) electrons. The van der Waals surface area contributed by atoms with Crippen molar-refractivity contribution in [3.63, 3.8) is 0 Å². The fraction of sp³-hybridized carbons (Fsp3) is 0.292. The van der Waals surface area contributed by atoms with Crippen LogP contribution in [0.3, 0.4) is 0 Å². The maximum atomic E-state index is 14.8. The zero-order valence-electron chi connectivity index (χ0n) is 18.3. The summed E-state index contributed by atoms with van der Waals surface area (Å²) in [5.41, 5.74) is 3.95. The van der Waals surface area contributed by atoms with E-state index in [1.54, 1.807) is 36.7 Å². The lowest BCUT2D eigenvalue weighted by Crippen LogP contribution is -2.41. The Balaban J connectivity index is 1.52. The van der Waals surface area contributed by atoms with Gasteiger partial charge in [0.05, 0.1) is 47.6 Å². The number of aromatic nitrogens is 2. The second kappa shape index (κ2) is 9.13. The minimum atomic E-state index is -0.374. The Labute approximate surface area is 190 Å². The van der Waals surface area contributed by atoms with Crippen molar-refractivity contribution in [2.75, 3.05) is 44.7 Å². The molecule has 2 aromatic carbocycles. The van der Waals surface area contributed by atoms with Crippen LogP contribution in [0, 0.1) is 5.82 Å². The Morgan fingerprint density at radius 1 is 1.24 bits per heavy atom. The second-order valence-electron chi connectivity index (χ2n) is 8.09. The van der Waals surface area contributed by atoms with Gasteiger partial charge in [0.1, 0.15) is 5.82 Å². The van der Waals surface area contributed by atoms with Crippen LogP contribution < -0.4 is 10.6 Å². The van der Waals surface area contributed by atoms with Crippen LogP contribution in [0.5, 0.6) is 0 Å². The van der Waals surface area contributed by atoms with Gasteiger partial charge in [-0.05, 0) is 25.1 Å². The van der Waals surface area contributed by atoms with Crippen molar-refractivity contribution in [3.8, 4) is 0 Å². The fourth-order valence-corrected chi connectivity index (χ4v) is 4.19. The van der Waals surface area contributed by atoms with Gasteiger partial charge in [-0.15, -0.1) is 0 Å². The lowest BCUT2D eigenvalue weighted by molar-refractivity contribution is 0.0383. The monoisotopic (exact) mass is 448 g/mol. The quantitative estimate of drug-likeness (QED) is 0.558. The van der Waals surface area contributed by atoms with Crippen molar-refractivity contribution < 1.29 is 13.9 Å². The summed E-state index contributed by atoms with van der Waals surface area (Å²) in [6.45, 7) is 6.25. The third-order valence-corrected chi connectivity index (χ3v) is 5.90. The molecule has 3 N–H and O–H groups in total. The Bertz CT molecular complexity index is 1260. The summed E-state index contributed by atoms with van der Waals surface area (Å²) in [5.74, 6) is -0.595. The van der Waals surface area contributed by atoms with Crippen LogP contribution in [-0.2, 0) is 4.74 Å². The number of H-pyrrole nitrogens is 1. The smallest absolute Gasteiger partial charge is 0.253 e. The average Bonchev–Trinajstić information content (AvgIpc) is 3.25. The summed E-state index contributed by atoms with van der Waals surface area (Å²) >= 11 is 0. The van der Waals surface area contributed by atoms with E-state index in [4.69, 9.17) is 4.74 Å². The number of morpholine rings is 1. The van der Waals surface area contributed by atoms with Crippen molar-refractivity contribution >= 4 is 28.2 Å². The van der Waals surface area contributed by atoms with Crippen LogP contribution in [0.2, 0.25) is 0 Å². The SMILES string of the molecule is CC1=CNc2c(cc(C(=O)NCCN3CCOCC3)c3[nH]ncc23)C(c2ccccc2F)=N1. The highest BCUT2D eigenvalue weighted by Crippen LogP contribution is 2.34. The number of rotatable bonds is 5. The van der Waals surface area contributed by atoms with Gasteiger partial charge >= 0.3 is 0 Å². The van der Waals surface area contributed by atoms with Gasteiger partial charge in [0.15, 0.2) is 0 Å². The second-order valence-corrected chi connectivity index (χ2v) is 8.09. The topological polar surface area (TPSA) is 94.6 Å². The zero-order valence-corrected chi connectivity index (χ0v) is 18.3. The van der Waals surface area contributed by atoms with Gasteiger partial charge in [-0.3, -0.25) is 19.8 Å². The standard InChI is InChI=1S/C24H25FN6O2/c1-15-13-27-21-17(22(29-15)16-4-2-3-5-20(16)25)12-18(23-19(21)14-28-30-23)24(32)26-6-7-31-8-10-33-11-9-31/h2-5,12-14,27H,6-11H2,1H3,(H,26,32)(H,28,30). The molecule has 0 aliphatic carbocycles. The molecule has 33 heavy (non-hydrogen) atoms. The molecule has 1 amide bonds. The van der Waals surface area contributed by atoms with E-state index >= 15 is 0 Å². The number of carbonyl (C=O) groups is 1. The maximum Gasteiger partial charge on any atom is 0.253 e. The first-order valence-electron chi connectivity index (χ1n) is 11.0. The van der Waals surface area contributed by atoms with E-state index < -0.39 is 0 Å². The van der Waals surface area contributed by atoms with Gasteiger partial charge in [-0.25, -0.2) is 4.39 Å². The number of amides is 1. The highest BCUT2D eigenvalue weighted by Gasteiger charge is 2.24. The Morgan fingerprint density at radius 3 is 2.88 bits per heavy atom. The van der Waals surface area contributed by atoms with Crippen molar-refractivity contribution in [2.24, 2.45) is 4.99 Å². The number of aromatic amines is 1. The number of aliphatic imine (C=N–C) groups is 1. The van der Waals surface area contributed by atoms with E-state index in [1.807, 2.05) is 6.92 Å². The molecule has 0 atom stereocenters. The molecule has 0 spiro atoms. The number of nitrogens with zero attached hydrogens (tertiary/aromatic N) is 3. The highest BCUT2D eigenvalue weighted by molar-refractivity contribution is 6.22.